The second-order valence-corrected chi connectivity index (χ2v) is 6.52. The van der Waals surface area contributed by atoms with Crippen LogP contribution >= 0.6 is 11.8 Å². The van der Waals surface area contributed by atoms with E-state index in [0.29, 0.717) is 22.1 Å². The lowest BCUT2D eigenvalue weighted by Gasteiger charge is -2.07. The molecule has 0 aliphatic rings. The average Bonchev–Trinajstić information content (AvgIpc) is 2.62. The number of hydrogen-bond acceptors (Lipinski definition) is 4. The number of nitrogens with zero attached hydrogens (tertiary/aromatic N) is 2. The van der Waals surface area contributed by atoms with Gasteiger partial charge >= 0.3 is 0 Å². The van der Waals surface area contributed by atoms with Crippen LogP contribution in [0.5, 0.6) is 0 Å². The van der Waals surface area contributed by atoms with Crippen molar-refractivity contribution in [3.63, 3.8) is 0 Å². The summed E-state index contributed by atoms with van der Waals surface area (Å²) in [6, 6.07) is 13.3. The van der Waals surface area contributed by atoms with Gasteiger partial charge in [0.1, 0.15) is 16.7 Å². The van der Waals surface area contributed by atoms with Crippen molar-refractivity contribution in [2.45, 2.75) is 11.9 Å². The van der Waals surface area contributed by atoms with Crippen LogP contribution < -0.4 is 5.32 Å². The molecule has 0 unspecified atom stereocenters. The number of benzene rings is 2. The van der Waals surface area contributed by atoms with Gasteiger partial charge in [0.2, 0.25) is 5.91 Å². The molecule has 4 nitrogen and oxygen atoms in total. The van der Waals surface area contributed by atoms with Crippen LogP contribution in [0.4, 0.5) is 14.5 Å². The summed E-state index contributed by atoms with van der Waals surface area (Å²) in [5.74, 6) is -0.278. The Hall–Kier alpha value is -2.80. The molecule has 2 aromatic carbocycles. The van der Waals surface area contributed by atoms with Gasteiger partial charge in [-0.3, -0.25) is 4.79 Å². The van der Waals surface area contributed by atoms with Crippen molar-refractivity contribution in [1.82, 2.24) is 9.97 Å². The Morgan fingerprint density at radius 1 is 1.00 bits per heavy atom. The Labute approximate surface area is 153 Å². The molecule has 0 aliphatic carbocycles. The fraction of sp³-hybridized carbons (Fsp3) is 0.105. The zero-order valence-electron chi connectivity index (χ0n) is 13.9. The molecule has 0 fully saturated rings. The summed E-state index contributed by atoms with van der Waals surface area (Å²) in [6.07, 6.45) is 0. The van der Waals surface area contributed by atoms with Crippen LogP contribution in [-0.4, -0.2) is 21.6 Å². The molecule has 0 bridgehead atoms. The first kappa shape index (κ1) is 18.0. The molecular weight excluding hydrogens is 356 g/mol. The predicted octanol–water partition coefficient (Wildman–Crippen LogP) is 4.46. The molecule has 1 N–H and O–H groups in total. The first-order chi connectivity index (χ1) is 12.5. The van der Waals surface area contributed by atoms with E-state index in [-0.39, 0.29) is 23.3 Å². The lowest BCUT2D eigenvalue weighted by Crippen LogP contribution is -2.14. The van der Waals surface area contributed by atoms with Crippen LogP contribution in [0, 0.1) is 18.6 Å². The van der Waals surface area contributed by atoms with Gasteiger partial charge in [-0.05, 0) is 61.5 Å². The number of rotatable bonds is 5. The maximum Gasteiger partial charge on any atom is 0.234 e. The SMILES string of the molecule is Cc1cc(SCC(=O)Nc2ccc(F)cc2)nc(-c2ccc(F)cc2)n1. The Kier molecular flexibility index (Phi) is 5.58. The first-order valence-electron chi connectivity index (χ1n) is 7.79. The van der Waals surface area contributed by atoms with Gasteiger partial charge in [0.15, 0.2) is 5.82 Å². The largest absolute Gasteiger partial charge is 0.325 e. The van der Waals surface area contributed by atoms with Crippen LogP contribution in [0.3, 0.4) is 0 Å². The molecule has 3 rings (SSSR count). The molecule has 0 radical (unpaired) electrons. The number of aryl methyl sites for hydroxylation is 1. The Morgan fingerprint density at radius 3 is 2.27 bits per heavy atom. The fourth-order valence-electron chi connectivity index (χ4n) is 2.21. The summed E-state index contributed by atoms with van der Waals surface area (Å²) in [5.41, 5.74) is 1.98. The van der Waals surface area contributed by atoms with E-state index < -0.39 is 0 Å². The highest BCUT2D eigenvalue weighted by Gasteiger charge is 2.09. The average molecular weight is 371 g/mol. The second kappa shape index (κ2) is 8.05. The molecular formula is C19H15F2N3OS. The van der Waals surface area contributed by atoms with Crippen LogP contribution in [0.15, 0.2) is 59.6 Å². The minimum atomic E-state index is -0.359. The van der Waals surface area contributed by atoms with Gasteiger partial charge in [-0.2, -0.15) is 0 Å². The molecule has 1 amide bonds. The van der Waals surface area contributed by atoms with E-state index in [0.717, 1.165) is 5.69 Å². The van der Waals surface area contributed by atoms with Crippen molar-refractivity contribution in [3.05, 3.63) is 71.9 Å². The van der Waals surface area contributed by atoms with Crippen LogP contribution in [0.25, 0.3) is 11.4 Å². The fourth-order valence-corrected chi connectivity index (χ4v) is 2.97. The summed E-state index contributed by atoms with van der Waals surface area (Å²) in [4.78, 5) is 20.8. The van der Waals surface area contributed by atoms with Crippen molar-refractivity contribution in [3.8, 4) is 11.4 Å². The van der Waals surface area contributed by atoms with Gasteiger partial charge in [-0.15, -0.1) is 0 Å². The highest BCUT2D eigenvalue weighted by molar-refractivity contribution is 7.99. The number of anilines is 1. The van der Waals surface area contributed by atoms with E-state index in [1.165, 1.54) is 48.2 Å². The maximum absolute atomic E-state index is 13.1. The van der Waals surface area contributed by atoms with E-state index >= 15 is 0 Å². The van der Waals surface area contributed by atoms with E-state index in [2.05, 4.69) is 15.3 Å². The van der Waals surface area contributed by atoms with Crippen molar-refractivity contribution in [2.24, 2.45) is 0 Å². The van der Waals surface area contributed by atoms with Gasteiger partial charge in [-0.1, -0.05) is 11.8 Å². The Morgan fingerprint density at radius 2 is 1.62 bits per heavy atom. The molecule has 1 heterocycles. The van der Waals surface area contributed by atoms with Gasteiger partial charge in [0, 0.05) is 16.9 Å². The summed E-state index contributed by atoms with van der Waals surface area (Å²) in [7, 11) is 0. The van der Waals surface area contributed by atoms with E-state index in [9.17, 15) is 13.6 Å². The molecule has 0 spiro atoms. The standard InChI is InChI=1S/C19H15F2N3OS/c1-12-10-18(24-19(22-12)13-2-4-14(20)5-3-13)26-11-17(25)23-16-8-6-15(21)7-9-16/h2-10H,11H2,1H3,(H,23,25). The summed E-state index contributed by atoms with van der Waals surface area (Å²) < 4.78 is 25.9. The van der Waals surface area contributed by atoms with E-state index in [4.69, 9.17) is 0 Å². The van der Waals surface area contributed by atoms with Crippen LogP contribution in [0.1, 0.15) is 5.69 Å². The zero-order valence-corrected chi connectivity index (χ0v) is 14.7. The van der Waals surface area contributed by atoms with Crippen molar-refractivity contribution in [1.29, 1.82) is 0 Å². The number of nitrogens with one attached hydrogen (secondary N) is 1. The minimum absolute atomic E-state index is 0.149. The van der Waals surface area contributed by atoms with Crippen LogP contribution in [-0.2, 0) is 4.79 Å². The third-order valence-corrected chi connectivity index (χ3v) is 4.32. The first-order valence-corrected chi connectivity index (χ1v) is 8.78. The van der Waals surface area contributed by atoms with Gasteiger partial charge in [-0.25, -0.2) is 18.7 Å². The zero-order chi connectivity index (χ0) is 18.5. The maximum atomic E-state index is 13.1. The molecule has 0 saturated heterocycles. The number of hydrogen-bond donors (Lipinski definition) is 1. The third-order valence-electron chi connectivity index (χ3n) is 3.41. The number of carbonyl (C=O) groups is 1. The van der Waals surface area contributed by atoms with E-state index in [1.807, 2.05) is 6.92 Å². The molecule has 132 valence electrons. The minimum Gasteiger partial charge on any atom is -0.325 e. The number of amides is 1. The van der Waals surface area contributed by atoms with Crippen molar-refractivity contribution < 1.29 is 13.6 Å². The molecule has 0 saturated carbocycles. The second-order valence-electron chi connectivity index (χ2n) is 5.52. The normalized spacial score (nSPS) is 10.6. The topological polar surface area (TPSA) is 54.9 Å². The van der Waals surface area contributed by atoms with Gasteiger partial charge < -0.3 is 5.32 Å². The predicted molar refractivity (Wildman–Crippen MR) is 97.9 cm³/mol. The molecule has 0 aliphatic heterocycles. The number of carbonyl (C=O) groups excluding carboxylic acids is 1. The number of aromatic nitrogens is 2. The molecule has 26 heavy (non-hydrogen) atoms. The van der Waals surface area contributed by atoms with Gasteiger partial charge in [0.05, 0.1) is 5.75 Å². The smallest absolute Gasteiger partial charge is 0.234 e. The van der Waals surface area contributed by atoms with Crippen LogP contribution in [0.2, 0.25) is 0 Å². The molecule has 1 aromatic heterocycles. The Bertz CT molecular complexity index is 915. The summed E-state index contributed by atoms with van der Waals surface area (Å²) >= 11 is 1.27. The third kappa shape index (κ3) is 4.86. The summed E-state index contributed by atoms with van der Waals surface area (Å²) in [6.45, 7) is 1.83. The molecule has 7 heteroatoms. The quantitative estimate of drug-likeness (QED) is 0.531. The Balaban J connectivity index is 1.66. The van der Waals surface area contributed by atoms with Crippen molar-refractivity contribution in [2.75, 3.05) is 11.1 Å². The molecule has 3 aromatic rings. The highest BCUT2D eigenvalue weighted by Crippen LogP contribution is 2.22. The lowest BCUT2D eigenvalue weighted by molar-refractivity contribution is -0.113. The summed E-state index contributed by atoms with van der Waals surface area (Å²) in [5, 5.41) is 3.34. The van der Waals surface area contributed by atoms with Crippen molar-refractivity contribution >= 4 is 23.4 Å². The van der Waals surface area contributed by atoms with E-state index in [1.54, 1.807) is 18.2 Å². The highest BCUT2D eigenvalue weighted by atomic mass is 32.2. The number of thioether (sulfide) groups is 1. The van der Waals surface area contributed by atoms with Gasteiger partial charge in [0.25, 0.3) is 0 Å². The number of halogens is 2. The molecule has 0 atom stereocenters. The lowest BCUT2D eigenvalue weighted by atomic mass is 10.2. The monoisotopic (exact) mass is 371 g/mol.